The number of carbonyl (C=O) groups is 1. The van der Waals surface area contributed by atoms with Gasteiger partial charge in [-0.3, -0.25) is 15.1 Å². The molecule has 106 valence electrons. The van der Waals surface area contributed by atoms with Crippen LogP contribution in [-0.4, -0.2) is 34.2 Å². The van der Waals surface area contributed by atoms with Crippen molar-refractivity contribution in [2.45, 2.75) is 23.1 Å². The highest BCUT2D eigenvalue weighted by Gasteiger charge is 2.35. The predicted molar refractivity (Wildman–Crippen MR) is 75.4 cm³/mol. The van der Waals surface area contributed by atoms with Crippen molar-refractivity contribution in [3.05, 3.63) is 30.1 Å². The zero-order valence-electron chi connectivity index (χ0n) is 10.4. The second kappa shape index (κ2) is 7.26. The van der Waals surface area contributed by atoms with Gasteiger partial charge in [0.1, 0.15) is 12.4 Å². The predicted octanol–water partition coefficient (Wildman–Crippen LogP) is 2.09. The Labute approximate surface area is 126 Å². The lowest BCUT2D eigenvalue weighted by Crippen LogP contribution is -2.56. The van der Waals surface area contributed by atoms with E-state index in [2.05, 4.69) is 15.6 Å². The zero-order valence-corrected chi connectivity index (χ0v) is 12.6. The first-order valence-corrected chi connectivity index (χ1v) is 6.54. The largest absolute Gasteiger partial charge is 0.367 e. The van der Waals surface area contributed by atoms with Crippen LogP contribution in [0.15, 0.2) is 24.5 Å². The normalized spacial score (nSPS) is 14.8. The molecule has 0 fully saturated rings. The number of hydrogen-bond donors (Lipinski definition) is 2. The molecule has 0 aliphatic heterocycles. The maximum Gasteiger partial charge on any atom is 0.254 e. The molecule has 2 unspecified atom stereocenters. The van der Waals surface area contributed by atoms with Crippen LogP contribution in [0.25, 0.3) is 0 Å². The van der Waals surface area contributed by atoms with Gasteiger partial charge in [0.25, 0.3) is 5.91 Å². The summed E-state index contributed by atoms with van der Waals surface area (Å²) in [5.41, 5.74) is 0.369. The molecule has 1 amide bonds. The van der Waals surface area contributed by atoms with Crippen LogP contribution >= 0.6 is 34.8 Å². The lowest BCUT2D eigenvalue weighted by Gasteiger charge is -2.28. The lowest BCUT2D eigenvalue weighted by molar-refractivity contribution is 0.0687. The topological polar surface area (TPSA) is 63.2 Å². The molecule has 1 rings (SSSR count). The van der Waals surface area contributed by atoms with E-state index in [0.29, 0.717) is 5.56 Å². The number of halogens is 3. The number of carbonyl (C=O) groups excluding carboxylic acids is 1. The highest BCUT2D eigenvalue weighted by molar-refractivity contribution is 6.68. The Hall–Kier alpha value is -0.590. The molecule has 0 aliphatic carbocycles. The molecule has 8 heteroatoms. The van der Waals surface area contributed by atoms with Gasteiger partial charge in [0.05, 0.1) is 5.56 Å². The van der Waals surface area contributed by atoms with Gasteiger partial charge in [-0.05, 0) is 19.1 Å². The van der Waals surface area contributed by atoms with Gasteiger partial charge in [-0.25, -0.2) is 0 Å². The van der Waals surface area contributed by atoms with E-state index in [0.717, 1.165) is 0 Å². The van der Waals surface area contributed by atoms with Crippen LogP contribution in [0, 0.1) is 0 Å². The Morgan fingerprint density at radius 2 is 2.16 bits per heavy atom. The number of nitrogens with one attached hydrogen (secondary N) is 2. The van der Waals surface area contributed by atoms with Crippen molar-refractivity contribution in [3.8, 4) is 0 Å². The summed E-state index contributed by atoms with van der Waals surface area (Å²) in [4.78, 5) is 15.8. The van der Waals surface area contributed by atoms with E-state index in [9.17, 15) is 4.79 Å². The summed E-state index contributed by atoms with van der Waals surface area (Å²) in [7, 11) is 1.50. The molecule has 1 aromatic heterocycles. The van der Waals surface area contributed by atoms with Gasteiger partial charge in [0.15, 0.2) is 0 Å². The van der Waals surface area contributed by atoms with Crippen LogP contribution in [0.3, 0.4) is 0 Å². The van der Waals surface area contributed by atoms with Crippen molar-refractivity contribution >= 4 is 40.7 Å². The summed E-state index contributed by atoms with van der Waals surface area (Å²) in [6.07, 6.45) is 1.69. The smallest absolute Gasteiger partial charge is 0.254 e. The van der Waals surface area contributed by atoms with E-state index in [1.807, 2.05) is 0 Å². The number of rotatable bonds is 5. The van der Waals surface area contributed by atoms with Gasteiger partial charge >= 0.3 is 0 Å². The van der Waals surface area contributed by atoms with Crippen LogP contribution in [0.2, 0.25) is 0 Å². The van der Waals surface area contributed by atoms with Gasteiger partial charge < -0.3 is 10.1 Å². The Morgan fingerprint density at radius 3 is 2.63 bits per heavy atom. The Bertz CT molecular complexity index is 411. The van der Waals surface area contributed by atoms with Gasteiger partial charge in [-0.2, -0.15) is 0 Å². The van der Waals surface area contributed by atoms with E-state index in [-0.39, 0.29) is 0 Å². The van der Waals surface area contributed by atoms with Gasteiger partial charge in [-0.15, -0.1) is 0 Å². The Morgan fingerprint density at radius 1 is 1.47 bits per heavy atom. The van der Waals surface area contributed by atoms with Gasteiger partial charge in [-0.1, -0.05) is 34.8 Å². The number of pyridine rings is 1. The van der Waals surface area contributed by atoms with Crippen LogP contribution in [0.4, 0.5) is 0 Å². The number of nitrogens with zero attached hydrogens (tertiary/aromatic N) is 1. The van der Waals surface area contributed by atoms with Crippen molar-refractivity contribution in [1.29, 1.82) is 0 Å². The molecule has 5 nitrogen and oxygen atoms in total. The fourth-order valence-electron chi connectivity index (χ4n) is 1.23. The second-order valence-electron chi connectivity index (χ2n) is 3.73. The number of methoxy groups -OCH3 is 1. The second-order valence-corrected chi connectivity index (χ2v) is 6.10. The third-order valence-electron chi connectivity index (χ3n) is 2.28. The third kappa shape index (κ3) is 5.50. The summed E-state index contributed by atoms with van der Waals surface area (Å²) < 4.78 is 3.29. The summed E-state index contributed by atoms with van der Waals surface area (Å²) in [5.74, 6) is -0.403. The standard InChI is InChI=1S/C11H14Cl3N3O2/c1-7(19-2)16-10(11(12,13)14)17-9(18)8-4-3-5-15-6-8/h3-7,10,16H,1-2H3,(H,17,18). The summed E-state index contributed by atoms with van der Waals surface area (Å²) >= 11 is 17.4. The first-order chi connectivity index (χ1) is 8.84. The average Bonchev–Trinajstić information content (AvgIpc) is 2.37. The molecule has 19 heavy (non-hydrogen) atoms. The highest BCUT2D eigenvalue weighted by Crippen LogP contribution is 2.29. The van der Waals surface area contributed by atoms with Crippen LogP contribution < -0.4 is 10.6 Å². The molecule has 0 radical (unpaired) electrons. The average molecular weight is 327 g/mol. The molecule has 0 aliphatic rings. The van der Waals surface area contributed by atoms with Crippen LogP contribution in [-0.2, 0) is 4.74 Å². The fraction of sp³-hybridized carbons (Fsp3) is 0.455. The number of ether oxygens (including phenoxy) is 1. The molecule has 0 aromatic carbocycles. The van der Waals surface area contributed by atoms with Crippen LogP contribution in [0.5, 0.6) is 0 Å². The number of aromatic nitrogens is 1. The molecule has 0 spiro atoms. The SMILES string of the molecule is COC(C)NC(NC(=O)c1cccnc1)C(Cl)(Cl)Cl. The quantitative estimate of drug-likeness (QED) is 0.642. The number of hydrogen-bond acceptors (Lipinski definition) is 4. The van der Waals surface area contributed by atoms with E-state index in [1.165, 1.54) is 13.3 Å². The van der Waals surface area contributed by atoms with Crippen molar-refractivity contribution in [2.75, 3.05) is 7.11 Å². The lowest BCUT2D eigenvalue weighted by atomic mass is 10.2. The fourth-order valence-corrected chi connectivity index (χ4v) is 1.58. The number of alkyl halides is 3. The molecule has 0 saturated heterocycles. The minimum absolute atomic E-state index is 0.369. The third-order valence-corrected chi connectivity index (χ3v) is 2.94. The maximum absolute atomic E-state index is 12.0. The maximum atomic E-state index is 12.0. The van der Waals surface area contributed by atoms with E-state index in [4.69, 9.17) is 39.5 Å². The van der Waals surface area contributed by atoms with E-state index in [1.54, 1.807) is 25.3 Å². The molecular weight excluding hydrogens is 312 g/mol. The summed E-state index contributed by atoms with van der Waals surface area (Å²) in [6.45, 7) is 1.72. The first kappa shape index (κ1) is 16.5. The Balaban J connectivity index is 2.75. The van der Waals surface area contributed by atoms with Gasteiger partial charge in [0.2, 0.25) is 3.79 Å². The zero-order chi connectivity index (χ0) is 14.5. The highest BCUT2D eigenvalue weighted by atomic mass is 35.6. The molecule has 2 atom stereocenters. The van der Waals surface area contributed by atoms with Crippen molar-refractivity contribution < 1.29 is 9.53 Å². The molecule has 2 N–H and O–H groups in total. The van der Waals surface area contributed by atoms with Crippen molar-refractivity contribution in [3.63, 3.8) is 0 Å². The molecule has 0 saturated carbocycles. The Kier molecular flexibility index (Phi) is 6.29. The van der Waals surface area contributed by atoms with E-state index < -0.39 is 22.1 Å². The van der Waals surface area contributed by atoms with Crippen LogP contribution in [0.1, 0.15) is 17.3 Å². The molecule has 1 aromatic rings. The first-order valence-electron chi connectivity index (χ1n) is 5.41. The van der Waals surface area contributed by atoms with Crippen molar-refractivity contribution in [1.82, 2.24) is 15.6 Å². The van der Waals surface area contributed by atoms with Gasteiger partial charge in [0, 0.05) is 19.5 Å². The summed E-state index contributed by atoms with van der Waals surface area (Å²) in [5, 5.41) is 5.41. The minimum atomic E-state index is -1.72. The van der Waals surface area contributed by atoms with Crippen molar-refractivity contribution in [2.24, 2.45) is 0 Å². The summed E-state index contributed by atoms with van der Waals surface area (Å²) in [6, 6.07) is 3.25. The van der Waals surface area contributed by atoms with E-state index >= 15 is 0 Å². The molecule has 0 bridgehead atoms. The minimum Gasteiger partial charge on any atom is -0.367 e. The molecular formula is C11H14Cl3N3O2. The monoisotopic (exact) mass is 325 g/mol. The number of amides is 1. The molecule has 1 heterocycles.